The van der Waals surface area contributed by atoms with Crippen molar-refractivity contribution in [2.45, 2.75) is 6.92 Å². The van der Waals surface area contributed by atoms with E-state index >= 15 is 0 Å². The first kappa shape index (κ1) is 8.47. The van der Waals surface area contributed by atoms with Gasteiger partial charge in [-0.05, 0) is 24.1 Å². The summed E-state index contributed by atoms with van der Waals surface area (Å²) in [5.74, 6) is 0. The minimum atomic E-state index is -4.08. The molecule has 68 valence electrons. The molecule has 2 aliphatic rings. The van der Waals surface area contributed by atoms with Gasteiger partial charge >= 0.3 is 0 Å². The topological polar surface area (TPSA) is 54.4 Å². The van der Waals surface area contributed by atoms with Crippen molar-refractivity contribution in [3.63, 3.8) is 0 Å². The van der Waals surface area contributed by atoms with Crippen LogP contribution < -0.4 is 0 Å². The van der Waals surface area contributed by atoms with Crippen LogP contribution in [0.5, 0.6) is 0 Å². The van der Waals surface area contributed by atoms with Gasteiger partial charge in [0.15, 0.2) is 0 Å². The molecule has 0 radical (unpaired) electrons. The number of hydrogen-bond donors (Lipinski definition) is 1. The van der Waals surface area contributed by atoms with E-state index in [-0.39, 0.29) is 4.91 Å². The van der Waals surface area contributed by atoms with Crippen molar-refractivity contribution in [2.24, 2.45) is 0 Å². The predicted octanol–water partition coefficient (Wildman–Crippen LogP) is 1.58. The fourth-order valence-electron chi connectivity index (χ4n) is 1.54. The van der Waals surface area contributed by atoms with E-state index in [4.69, 9.17) is 4.55 Å². The number of allylic oxidation sites excluding steroid dienone is 7. The van der Waals surface area contributed by atoms with Crippen LogP contribution in [0, 0.1) is 0 Å². The second-order valence-electron chi connectivity index (χ2n) is 3.02. The molecular formula is C9H8O3S. The molecule has 0 heterocycles. The van der Waals surface area contributed by atoms with E-state index in [2.05, 4.69) is 0 Å². The molecule has 3 nitrogen and oxygen atoms in total. The van der Waals surface area contributed by atoms with Crippen molar-refractivity contribution >= 4 is 10.1 Å². The number of rotatable bonds is 1. The predicted molar refractivity (Wildman–Crippen MR) is 49.6 cm³/mol. The van der Waals surface area contributed by atoms with Crippen molar-refractivity contribution in [2.75, 3.05) is 0 Å². The van der Waals surface area contributed by atoms with E-state index in [0.717, 1.165) is 11.1 Å². The molecule has 0 aliphatic heterocycles. The minimum Gasteiger partial charge on any atom is -0.282 e. The summed E-state index contributed by atoms with van der Waals surface area (Å²) >= 11 is 0. The van der Waals surface area contributed by atoms with Crippen LogP contribution in [0.15, 0.2) is 45.9 Å². The molecule has 0 aromatic carbocycles. The Hall–Kier alpha value is -1.13. The molecule has 0 fully saturated rings. The van der Waals surface area contributed by atoms with Crippen molar-refractivity contribution in [1.82, 2.24) is 0 Å². The third kappa shape index (κ3) is 1.18. The summed E-state index contributed by atoms with van der Waals surface area (Å²) in [4.78, 5) is 0.00463. The largest absolute Gasteiger partial charge is 0.295 e. The molecule has 0 amide bonds. The maximum atomic E-state index is 10.9. The highest BCUT2D eigenvalue weighted by Crippen LogP contribution is 2.37. The Morgan fingerprint density at radius 2 is 2.08 bits per heavy atom. The summed E-state index contributed by atoms with van der Waals surface area (Å²) in [6, 6.07) is 0. The van der Waals surface area contributed by atoms with Gasteiger partial charge in [-0.1, -0.05) is 18.2 Å². The highest BCUT2D eigenvalue weighted by atomic mass is 32.2. The molecule has 0 aromatic rings. The molecule has 13 heavy (non-hydrogen) atoms. The van der Waals surface area contributed by atoms with Gasteiger partial charge in [0.1, 0.15) is 4.91 Å². The Bertz CT molecular complexity index is 487. The lowest BCUT2D eigenvalue weighted by molar-refractivity contribution is 0.492. The van der Waals surface area contributed by atoms with Crippen LogP contribution >= 0.6 is 0 Å². The fraction of sp³-hybridized carbons (Fsp3) is 0.111. The molecule has 0 unspecified atom stereocenters. The van der Waals surface area contributed by atoms with Crippen LogP contribution in [-0.4, -0.2) is 13.0 Å². The molecule has 2 aliphatic carbocycles. The zero-order valence-electron chi connectivity index (χ0n) is 6.98. The molecule has 0 atom stereocenters. The number of fused-ring (bicyclic) bond motifs is 1. The van der Waals surface area contributed by atoms with E-state index in [1.54, 1.807) is 12.2 Å². The average Bonchev–Trinajstić information content (AvgIpc) is 2.51. The minimum absolute atomic E-state index is 0.00463. The summed E-state index contributed by atoms with van der Waals surface area (Å²) in [7, 11) is -4.08. The first-order valence-electron chi connectivity index (χ1n) is 3.79. The Kier molecular flexibility index (Phi) is 1.58. The van der Waals surface area contributed by atoms with Gasteiger partial charge in [0.25, 0.3) is 10.1 Å². The maximum Gasteiger partial charge on any atom is 0.295 e. The SMILES string of the molecule is CC1=C2C=CC=C2C(S(=O)(=O)O)=C1. The smallest absolute Gasteiger partial charge is 0.282 e. The Morgan fingerprint density at radius 3 is 2.69 bits per heavy atom. The van der Waals surface area contributed by atoms with E-state index in [1.165, 1.54) is 6.08 Å². The Morgan fingerprint density at radius 1 is 1.38 bits per heavy atom. The van der Waals surface area contributed by atoms with Crippen molar-refractivity contribution in [3.8, 4) is 0 Å². The van der Waals surface area contributed by atoms with Crippen LogP contribution in [0.1, 0.15) is 6.92 Å². The summed E-state index contributed by atoms with van der Waals surface area (Å²) in [6.07, 6.45) is 6.77. The first-order valence-corrected chi connectivity index (χ1v) is 5.23. The lowest BCUT2D eigenvalue weighted by Crippen LogP contribution is -2.01. The molecule has 4 heteroatoms. The van der Waals surface area contributed by atoms with Crippen LogP contribution in [0.25, 0.3) is 0 Å². The van der Waals surface area contributed by atoms with Crippen molar-refractivity contribution in [1.29, 1.82) is 0 Å². The summed E-state index contributed by atoms with van der Waals surface area (Å²) in [6.45, 7) is 1.82. The Balaban J connectivity index is 2.59. The van der Waals surface area contributed by atoms with E-state index in [9.17, 15) is 8.42 Å². The van der Waals surface area contributed by atoms with Gasteiger partial charge in [-0.15, -0.1) is 0 Å². The van der Waals surface area contributed by atoms with Gasteiger partial charge in [0.05, 0.1) is 0 Å². The summed E-state index contributed by atoms with van der Waals surface area (Å²) in [5, 5.41) is 0. The second kappa shape index (κ2) is 2.43. The van der Waals surface area contributed by atoms with Gasteiger partial charge in [-0.25, -0.2) is 0 Å². The standard InChI is InChI=1S/C9H8O3S/c1-6-5-9(13(10,11)12)8-4-2-3-7(6)8/h2-5H,1H3,(H,10,11,12). The van der Waals surface area contributed by atoms with Crippen LogP contribution in [0.3, 0.4) is 0 Å². The van der Waals surface area contributed by atoms with Crippen molar-refractivity contribution in [3.05, 3.63) is 45.9 Å². The lowest BCUT2D eigenvalue weighted by Gasteiger charge is -1.99. The zero-order chi connectivity index (χ0) is 9.64. The first-order chi connectivity index (χ1) is 6.00. The third-order valence-corrected chi connectivity index (χ3v) is 3.03. The zero-order valence-corrected chi connectivity index (χ0v) is 7.80. The van der Waals surface area contributed by atoms with E-state index in [1.807, 2.05) is 13.0 Å². The lowest BCUT2D eigenvalue weighted by atomic mass is 10.1. The highest BCUT2D eigenvalue weighted by Gasteiger charge is 2.27. The molecule has 0 bridgehead atoms. The summed E-state index contributed by atoms with van der Waals surface area (Å²) < 4.78 is 30.7. The van der Waals surface area contributed by atoms with Gasteiger partial charge in [0.2, 0.25) is 0 Å². The number of hydrogen-bond acceptors (Lipinski definition) is 2. The highest BCUT2D eigenvalue weighted by molar-refractivity contribution is 7.90. The Labute approximate surface area is 76.5 Å². The second-order valence-corrected chi connectivity index (χ2v) is 4.41. The monoisotopic (exact) mass is 196 g/mol. The third-order valence-electron chi connectivity index (χ3n) is 2.13. The molecule has 1 N–H and O–H groups in total. The summed E-state index contributed by atoms with van der Waals surface area (Å²) in [5.41, 5.74) is 2.35. The van der Waals surface area contributed by atoms with Gasteiger partial charge in [-0.2, -0.15) is 8.42 Å². The molecular weight excluding hydrogens is 188 g/mol. The molecule has 0 aromatic heterocycles. The fourth-order valence-corrected chi connectivity index (χ4v) is 2.33. The van der Waals surface area contributed by atoms with E-state index < -0.39 is 10.1 Å². The van der Waals surface area contributed by atoms with Crippen LogP contribution in [0.4, 0.5) is 0 Å². The van der Waals surface area contributed by atoms with Crippen LogP contribution in [0.2, 0.25) is 0 Å². The maximum absolute atomic E-state index is 10.9. The van der Waals surface area contributed by atoms with Crippen LogP contribution in [-0.2, 0) is 10.1 Å². The molecule has 0 spiro atoms. The van der Waals surface area contributed by atoms with Gasteiger partial charge < -0.3 is 0 Å². The molecule has 2 rings (SSSR count). The molecule has 0 saturated heterocycles. The normalized spacial score (nSPS) is 20.5. The van der Waals surface area contributed by atoms with Crippen molar-refractivity contribution < 1.29 is 13.0 Å². The average molecular weight is 196 g/mol. The van der Waals surface area contributed by atoms with E-state index in [0.29, 0.717) is 5.57 Å². The quantitative estimate of drug-likeness (QED) is 0.648. The molecule has 0 saturated carbocycles. The van der Waals surface area contributed by atoms with Gasteiger partial charge in [0, 0.05) is 5.57 Å². The van der Waals surface area contributed by atoms with Gasteiger partial charge in [-0.3, -0.25) is 4.55 Å².